The minimum Gasteiger partial charge on any atom is -0.365 e. The first-order chi connectivity index (χ1) is 6.76. The van der Waals surface area contributed by atoms with Gasteiger partial charge in [0.2, 0.25) is 0 Å². The van der Waals surface area contributed by atoms with Gasteiger partial charge in [0, 0.05) is 26.6 Å². The summed E-state index contributed by atoms with van der Waals surface area (Å²) in [5, 5.41) is 3.81. The number of hydrogen-bond donors (Lipinski definition) is 1. The molecule has 1 aliphatic heterocycles. The first kappa shape index (κ1) is 9.45. The van der Waals surface area contributed by atoms with E-state index in [1.807, 2.05) is 18.9 Å². The first-order valence-electron chi connectivity index (χ1n) is 4.73. The van der Waals surface area contributed by atoms with Gasteiger partial charge in [0.1, 0.15) is 4.88 Å². The van der Waals surface area contributed by atoms with E-state index in [4.69, 9.17) is 0 Å². The topological polar surface area (TPSA) is 45.2 Å². The van der Waals surface area contributed by atoms with Gasteiger partial charge in [-0.15, -0.1) is 0 Å². The number of nitrogens with zero attached hydrogens (tertiary/aromatic N) is 2. The Bertz CT molecular complexity index is 361. The zero-order valence-electron chi connectivity index (χ0n) is 8.33. The highest BCUT2D eigenvalue weighted by molar-refractivity contribution is 7.17. The van der Waals surface area contributed by atoms with Crippen LogP contribution in [0.1, 0.15) is 22.3 Å². The molecule has 1 N–H and O–H groups in total. The van der Waals surface area contributed by atoms with Crippen LogP contribution in [0.15, 0.2) is 0 Å². The monoisotopic (exact) mass is 211 g/mol. The van der Waals surface area contributed by atoms with Crippen molar-refractivity contribution in [1.82, 2.24) is 9.88 Å². The molecule has 0 aliphatic carbocycles. The molecular formula is C9H13N3OS. The Morgan fingerprint density at radius 2 is 2.43 bits per heavy atom. The molecule has 0 saturated heterocycles. The molecule has 0 bridgehead atoms. The molecule has 0 fully saturated rings. The largest absolute Gasteiger partial charge is 0.365 e. The maximum atomic E-state index is 11.8. The molecule has 0 radical (unpaired) electrons. The molecule has 0 spiro atoms. The van der Waals surface area contributed by atoms with E-state index in [-0.39, 0.29) is 5.91 Å². The van der Waals surface area contributed by atoms with Gasteiger partial charge in [0.25, 0.3) is 5.91 Å². The lowest BCUT2D eigenvalue weighted by Gasteiger charge is -2.23. The molecule has 1 aromatic rings. The molecule has 1 aromatic heterocycles. The van der Waals surface area contributed by atoms with Crippen molar-refractivity contribution < 1.29 is 4.79 Å². The molecule has 0 atom stereocenters. The number of carbonyl (C=O) groups is 1. The summed E-state index contributed by atoms with van der Waals surface area (Å²) in [5.41, 5.74) is 0.953. The highest BCUT2D eigenvalue weighted by Gasteiger charge is 2.26. The van der Waals surface area contributed by atoms with Crippen LogP contribution >= 0.6 is 11.3 Å². The van der Waals surface area contributed by atoms with Crippen LogP contribution in [-0.4, -0.2) is 35.9 Å². The predicted octanol–water partition coefficient (Wildman–Crippen LogP) is 1.20. The van der Waals surface area contributed by atoms with Gasteiger partial charge in [-0.2, -0.15) is 0 Å². The number of fused-ring (bicyclic) bond motifs is 1. The number of amides is 1. The van der Waals surface area contributed by atoms with Crippen molar-refractivity contribution in [3.63, 3.8) is 0 Å². The summed E-state index contributed by atoms with van der Waals surface area (Å²) in [6.07, 6.45) is 0.882. The fourth-order valence-electron chi connectivity index (χ4n) is 1.58. The van der Waals surface area contributed by atoms with Crippen molar-refractivity contribution in [1.29, 1.82) is 0 Å². The predicted molar refractivity (Wildman–Crippen MR) is 56.9 cm³/mol. The second kappa shape index (κ2) is 3.57. The molecule has 76 valence electrons. The highest BCUT2D eigenvalue weighted by Crippen LogP contribution is 2.27. The van der Waals surface area contributed by atoms with E-state index in [9.17, 15) is 4.79 Å². The molecule has 14 heavy (non-hydrogen) atoms. The Morgan fingerprint density at radius 1 is 1.64 bits per heavy atom. The van der Waals surface area contributed by atoms with Crippen molar-refractivity contribution >= 4 is 22.4 Å². The number of rotatable bonds is 2. The minimum atomic E-state index is 0.132. The molecule has 1 aliphatic rings. The normalized spacial score (nSPS) is 15.6. The van der Waals surface area contributed by atoms with Crippen molar-refractivity contribution in [2.24, 2.45) is 0 Å². The fraction of sp³-hybridized carbons (Fsp3) is 0.556. The van der Waals surface area contributed by atoms with Crippen LogP contribution in [0.2, 0.25) is 0 Å². The van der Waals surface area contributed by atoms with E-state index < -0.39 is 0 Å². The van der Waals surface area contributed by atoms with E-state index >= 15 is 0 Å². The Hall–Kier alpha value is -1.10. The summed E-state index contributed by atoms with van der Waals surface area (Å²) in [6, 6.07) is 0. The van der Waals surface area contributed by atoms with E-state index in [0.717, 1.165) is 35.2 Å². The molecule has 0 saturated carbocycles. The summed E-state index contributed by atoms with van der Waals surface area (Å²) in [6.45, 7) is 3.59. The van der Waals surface area contributed by atoms with Gasteiger partial charge in [-0.05, 0) is 6.92 Å². The second-order valence-corrected chi connectivity index (χ2v) is 4.18. The standard InChI is InChI=1S/C9H13N3OS/c1-3-12-5-4-6-7(8(12)13)14-9(10-2)11-6/h3-5H2,1-2H3,(H,10,11). The number of thiazole rings is 1. The molecule has 0 unspecified atom stereocenters. The van der Waals surface area contributed by atoms with Crippen LogP contribution in [0, 0.1) is 0 Å². The molecule has 1 amide bonds. The number of anilines is 1. The molecule has 0 aromatic carbocycles. The summed E-state index contributed by atoms with van der Waals surface area (Å²) in [4.78, 5) is 18.9. The number of likely N-dealkylation sites (N-methyl/N-ethyl adjacent to an activating group) is 1. The summed E-state index contributed by atoms with van der Waals surface area (Å²) < 4.78 is 0. The van der Waals surface area contributed by atoms with Gasteiger partial charge in [0.15, 0.2) is 5.13 Å². The maximum absolute atomic E-state index is 11.8. The molecule has 4 nitrogen and oxygen atoms in total. The van der Waals surface area contributed by atoms with E-state index in [2.05, 4.69) is 10.3 Å². The van der Waals surface area contributed by atoms with Gasteiger partial charge >= 0.3 is 0 Å². The lowest BCUT2D eigenvalue weighted by atomic mass is 10.2. The van der Waals surface area contributed by atoms with Crippen molar-refractivity contribution in [2.75, 3.05) is 25.5 Å². The average molecular weight is 211 g/mol. The first-order valence-corrected chi connectivity index (χ1v) is 5.54. The number of carbonyl (C=O) groups excluding carboxylic acids is 1. The molecule has 2 heterocycles. The lowest BCUT2D eigenvalue weighted by molar-refractivity contribution is 0.0753. The minimum absolute atomic E-state index is 0.132. The van der Waals surface area contributed by atoms with Crippen molar-refractivity contribution in [3.8, 4) is 0 Å². The second-order valence-electron chi connectivity index (χ2n) is 3.18. The van der Waals surface area contributed by atoms with Crippen molar-refractivity contribution in [3.05, 3.63) is 10.6 Å². The van der Waals surface area contributed by atoms with E-state index in [1.54, 1.807) is 0 Å². The summed E-state index contributed by atoms with van der Waals surface area (Å²) >= 11 is 1.45. The number of hydrogen-bond acceptors (Lipinski definition) is 4. The zero-order chi connectivity index (χ0) is 10.1. The smallest absolute Gasteiger partial charge is 0.265 e. The van der Waals surface area contributed by atoms with Crippen LogP contribution in [-0.2, 0) is 6.42 Å². The Labute approximate surface area is 86.9 Å². The van der Waals surface area contributed by atoms with Gasteiger partial charge in [-0.1, -0.05) is 11.3 Å². The van der Waals surface area contributed by atoms with Crippen LogP contribution in [0.3, 0.4) is 0 Å². The lowest BCUT2D eigenvalue weighted by Crippen LogP contribution is -2.36. The summed E-state index contributed by atoms with van der Waals surface area (Å²) in [5.74, 6) is 0.132. The zero-order valence-corrected chi connectivity index (χ0v) is 9.15. The van der Waals surface area contributed by atoms with E-state index in [1.165, 1.54) is 11.3 Å². The molecular weight excluding hydrogens is 198 g/mol. The molecule has 5 heteroatoms. The Morgan fingerprint density at radius 3 is 3.07 bits per heavy atom. The fourth-order valence-corrected chi connectivity index (χ4v) is 2.52. The third kappa shape index (κ3) is 1.37. The highest BCUT2D eigenvalue weighted by atomic mass is 32.1. The average Bonchev–Trinajstić information content (AvgIpc) is 2.62. The van der Waals surface area contributed by atoms with Crippen LogP contribution in [0.25, 0.3) is 0 Å². The van der Waals surface area contributed by atoms with Crippen LogP contribution in [0.4, 0.5) is 5.13 Å². The Kier molecular flexibility index (Phi) is 2.41. The van der Waals surface area contributed by atoms with Crippen molar-refractivity contribution in [2.45, 2.75) is 13.3 Å². The third-order valence-electron chi connectivity index (χ3n) is 2.39. The third-order valence-corrected chi connectivity index (χ3v) is 3.50. The summed E-state index contributed by atoms with van der Waals surface area (Å²) in [7, 11) is 1.83. The Balaban J connectivity index is 2.35. The van der Waals surface area contributed by atoms with Crippen LogP contribution in [0.5, 0.6) is 0 Å². The SMILES string of the molecule is CCN1CCc2nc(NC)sc2C1=O. The van der Waals surface area contributed by atoms with Gasteiger partial charge in [-0.3, -0.25) is 4.79 Å². The number of nitrogens with one attached hydrogen (secondary N) is 1. The van der Waals surface area contributed by atoms with Crippen LogP contribution < -0.4 is 5.32 Å². The maximum Gasteiger partial charge on any atom is 0.265 e. The quantitative estimate of drug-likeness (QED) is 0.799. The van der Waals surface area contributed by atoms with Gasteiger partial charge in [0.05, 0.1) is 5.69 Å². The number of aromatic nitrogens is 1. The van der Waals surface area contributed by atoms with Gasteiger partial charge in [-0.25, -0.2) is 4.98 Å². The van der Waals surface area contributed by atoms with E-state index in [0.29, 0.717) is 0 Å². The van der Waals surface area contributed by atoms with Gasteiger partial charge < -0.3 is 10.2 Å². The molecule has 2 rings (SSSR count).